The predicted octanol–water partition coefficient (Wildman–Crippen LogP) is 2.03. The Bertz CT molecular complexity index is 479. The van der Waals surface area contributed by atoms with Crippen LogP contribution in [-0.2, 0) is 17.8 Å². The van der Waals surface area contributed by atoms with Gasteiger partial charge in [-0.05, 0) is 19.4 Å². The fourth-order valence-electron chi connectivity index (χ4n) is 2.79. The highest BCUT2D eigenvalue weighted by molar-refractivity contribution is 5.85. The molecule has 1 aliphatic heterocycles. The number of carbonyl (C=O) groups is 1. The Morgan fingerprint density at radius 2 is 1.80 bits per heavy atom. The average molecular weight is 396 g/mol. The first-order valence-electron chi connectivity index (χ1n) is 8.74. The van der Waals surface area contributed by atoms with Crippen molar-refractivity contribution in [1.29, 1.82) is 0 Å². The van der Waals surface area contributed by atoms with Crippen molar-refractivity contribution in [2.45, 2.75) is 52.0 Å². The maximum absolute atomic E-state index is 12.2. The largest absolute Gasteiger partial charge is 0.340 e. The Labute approximate surface area is 162 Å². The second kappa shape index (κ2) is 13.3. The Kier molecular flexibility index (Phi) is 12.9. The van der Waals surface area contributed by atoms with Gasteiger partial charge in [0.05, 0.1) is 6.54 Å². The highest BCUT2D eigenvalue weighted by atomic mass is 35.5. The van der Waals surface area contributed by atoms with Crippen molar-refractivity contribution < 1.29 is 9.32 Å². The standard InChI is InChI=1S/C16H29N5O2.2ClH/c1-2-15-18-14(19-23-15)13-20-9-11-21(12-10-20)16(22)7-5-3-4-6-8-17;;/h2-13,17H2,1H3;2*1H. The molecule has 2 heterocycles. The van der Waals surface area contributed by atoms with Crippen LogP contribution in [0.25, 0.3) is 0 Å². The summed E-state index contributed by atoms with van der Waals surface area (Å²) in [5.74, 6) is 1.70. The van der Waals surface area contributed by atoms with Crippen LogP contribution in [0.2, 0.25) is 0 Å². The minimum atomic E-state index is 0. The molecule has 0 unspecified atom stereocenters. The molecule has 1 fully saturated rings. The van der Waals surface area contributed by atoms with Crippen molar-refractivity contribution in [3.05, 3.63) is 11.7 Å². The van der Waals surface area contributed by atoms with Crippen molar-refractivity contribution in [3.8, 4) is 0 Å². The van der Waals surface area contributed by atoms with Crippen LogP contribution in [0.5, 0.6) is 0 Å². The molecular weight excluding hydrogens is 365 g/mol. The SMILES string of the molecule is CCc1nc(CN2CCN(C(=O)CCCCCCN)CC2)no1.Cl.Cl. The first kappa shape index (κ1) is 24.1. The molecule has 0 saturated carbocycles. The lowest BCUT2D eigenvalue weighted by Crippen LogP contribution is -2.48. The predicted molar refractivity (Wildman–Crippen MR) is 102 cm³/mol. The number of nitrogens with two attached hydrogens (primary N) is 1. The molecule has 1 aliphatic rings. The lowest BCUT2D eigenvalue weighted by Gasteiger charge is -2.34. The summed E-state index contributed by atoms with van der Waals surface area (Å²) in [6.45, 7) is 6.77. The number of aromatic nitrogens is 2. The van der Waals surface area contributed by atoms with E-state index in [9.17, 15) is 4.79 Å². The van der Waals surface area contributed by atoms with Gasteiger partial charge in [0.15, 0.2) is 5.82 Å². The first-order chi connectivity index (χ1) is 11.2. The molecule has 1 aromatic rings. The van der Waals surface area contributed by atoms with Gasteiger partial charge >= 0.3 is 0 Å². The van der Waals surface area contributed by atoms with E-state index >= 15 is 0 Å². The average Bonchev–Trinajstić information content (AvgIpc) is 3.03. The summed E-state index contributed by atoms with van der Waals surface area (Å²) in [7, 11) is 0. The van der Waals surface area contributed by atoms with Crippen LogP contribution in [0.15, 0.2) is 4.52 Å². The molecule has 0 aromatic carbocycles. The smallest absolute Gasteiger partial charge is 0.226 e. The zero-order valence-electron chi connectivity index (χ0n) is 15.0. The van der Waals surface area contributed by atoms with Gasteiger partial charge in [0.2, 0.25) is 11.8 Å². The summed E-state index contributed by atoms with van der Waals surface area (Å²) in [6, 6.07) is 0. The van der Waals surface area contributed by atoms with Gasteiger partial charge in [-0.15, -0.1) is 24.8 Å². The van der Waals surface area contributed by atoms with Crippen LogP contribution in [0, 0.1) is 0 Å². The van der Waals surface area contributed by atoms with Gasteiger partial charge in [-0.3, -0.25) is 9.69 Å². The Morgan fingerprint density at radius 3 is 2.40 bits per heavy atom. The van der Waals surface area contributed by atoms with Crippen molar-refractivity contribution >= 4 is 30.7 Å². The molecule has 0 atom stereocenters. The molecule has 25 heavy (non-hydrogen) atoms. The molecule has 1 aromatic heterocycles. The summed E-state index contributed by atoms with van der Waals surface area (Å²) in [5.41, 5.74) is 5.47. The molecule has 146 valence electrons. The van der Waals surface area contributed by atoms with Crippen LogP contribution < -0.4 is 5.73 Å². The number of aryl methyl sites for hydroxylation is 1. The van der Waals surface area contributed by atoms with E-state index < -0.39 is 0 Å². The van der Waals surface area contributed by atoms with E-state index in [0.717, 1.165) is 70.7 Å². The second-order valence-corrected chi connectivity index (χ2v) is 6.07. The molecule has 9 heteroatoms. The Morgan fingerprint density at radius 1 is 1.12 bits per heavy atom. The van der Waals surface area contributed by atoms with Gasteiger partial charge in [-0.1, -0.05) is 24.9 Å². The number of hydrogen-bond donors (Lipinski definition) is 1. The molecule has 0 bridgehead atoms. The molecule has 1 amide bonds. The topological polar surface area (TPSA) is 88.5 Å². The third kappa shape index (κ3) is 8.35. The van der Waals surface area contributed by atoms with Crippen LogP contribution in [-0.4, -0.2) is 58.6 Å². The first-order valence-corrected chi connectivity index (χ1v) is 8.74. The van der Waals surface area contributed by atoms with Crippen LogP contribution in [0.1, 0.15) is 50.7 Å². The van der Waals surface area contributed by atoms with Crippen molar-refractivity contribution in [2.24, 2.45) is 5.73 Å². The minimum absolute atomic E-state index is 0. The van der Waals surface area contributed by atoms with Gasteiger partial charge in [-0.2, -0.15) is 4.98 Å². The third-order valence-corrected chi connectivity index (χ3v) is 4.25. The number of halogens is 2. The fourth-order valence-corrected chi connectivity index (χ4v) is 2.79. The highest BCUT2D eigenvalue weighted by Crippen LogP contribution is 2.10. The molecule has 0 radical (unpaired) electrons. The van der Waals surface area contributed by atoms with Crippen molar-refractivity contribution in [3.63, 3.8) is 0 Å². The summed E-state index contributed by atoms with van der Waals surface area (Å²) in [6.07, 6.45) is 5.68. The van der Waals surface area contributed by atoms with Gasteiger partial charge in [0, 0.05) is 39.0 Å². The van der Waals surface area contributed by atoms with Crippen molar-refractivity contribution in [1.82, 2.24) is 19.9 Å². The lowest BCUT2D eigenvalue weighted by molar-refractivity contribution is -0.133. The van der Waals surface area contributed by atoms with Crippen molar-refractivity contribution in [2.75, 3.05) is 32.7 Å². The highest BCUT2D eigenvalue weighted by Gasteiger charge is 2.21. The summed E-state index contributed by atoms with van der Waals surface area (Å²) >= 11 is 0. The molecule has 2 N–H and O–H groups in total. The number of rotatable bonds is 9. The number of nitrogens with zero attached hydrogens (tertiary/aromatic N) is 4. The Hall–Kier alpha value is -0.890. The number of amides is 1. The van der Waals surface area contributed by atoms with Gasteiger partial charge in [0.1, 0.15) is 0 Å². The van der Waals surface area contributed by atoms with E-state index in [4.69, 9.17) is 10.3 Å². The maximum atomic E-state index is 12.2. The van der Waals surface area contributed by atoms with Gasteiger partial charge in [0.25, 0.3) is 0 Å². The summed E-state index contributed by atoms with van der Waals surface area (Å²) < 4.78 is 5.13. The zero-order valence-corrected chi connectivity index (χ0v) is 16.6. The minimum Gasteiger partial charge on any atom is -0.340 e. The van der Waals surface area contributed by atoms with E-state index in [1.165, 1.54) is 0 Å². The zero-order chi connectivity index (χ0) is 16.5. The fraction of sp³-hybridized carbons (Fsp3) is 0.812. The number of unbranched alkanes of at least 4 members (excludes halogenated alkanes) is 3. The van der Waals surface area contributed by atoms with Crippen LogP contribution in [0.3, 0.4) is 0 Å². The summed E-state index contributed by atoms with van der Waals surface area (Å²) in [5, 5.41) is 3.98. The molecular formula is C16H31Cl2N5O2. The van der Waals surface area contributed by atoms with E-state index in [2.05, 4.69) is 15.0 Å². The Balaban J connectivity index is 0.00000288. The molecule has 0 aliphatic carbocycles. The molecule has 2 rings (SSSR count). The van der Waals surface area contributed by atoms with E-state index in [1.54, 1.807) is 0 Å². The molecule has 7 nitrogen and oxygen atoms in total. The molecule has 0 spiro atoms. The molecule has 1 saturated heterocycles. The van der Waals surface area contributed by atoms with E-state index in [0.29, 0.717) is 18.9 Å². The quantitative estimate of drug-likeness (QED) is 0.643. The lowest BCUT2D eigenvalue weighted by atomic mass is 10.1. The van der Waals surface area contributed by atoms with Gasteiger partial charge in [-0.25, -0.2) is 0 Å². The van der Waals surface area contributed by atoms with E-state index in [-0.39, 0.29) is 30.7 Å². The van der Waals surface area contributed by atoms with Gasteiger partial charge < -0.3 is 15.2 Å². The number of piperazine rings is 1. The summed E-state index contributed by atoms with van der Waals surface area (Å²) in [4.78, 5) is 20.8. The monoisotopic (exact) mass is 395 g/mol. The normalized spacial score (nSPS) is 14.7. The van der Waals surface area contributed by atoms with Crippen LogP contribution >= 0.6 is 24.8 Å². The maximum Gasteiger partial charge on any atom is 0.226 e. The second-order valence-electron chi connectivity index (χ2n) is 6.07. The number of hydrogen-bond acceptors (Lipinski definition) is 6. The number of carbonyl (C=O) groups excluding carboxylic acids is 1. The van der Waals surface area contributed by atoms with E-state index in [1.807, 2.05) is 11.8 Å². The van der Waals surface area contributed by atoms with Crippen LogP contribution in [0.4, 0.5) is 0 Å². The third-order valence-electron chi connectivity index (χ3n) is 4.25.